The number of tetrazole rings is 1. The van der Waals surface area contributed by atoms with E-state index in [1.54, 1.807) is 0 Å². The minimum absolute atomic E-state index is 0.275. The van der Waals surface area contributed by atoms with E-state index in [4.69, 9.17) is 5.73 Å². The van der Waals surface area contributed by atoms with Crippen molar-refractivity contribution in [3.05, 3.63) is 22.7 Å². The molecule has 6 heteroatoms. The number of hydrogen-bond acceptors (Lipinski definition) is 4. The van der Waals surface area contributed by atoms with Gasteiger partial charge in [-0.3, -0.25) is 0 Å². The van der Waals surface area contributed by atoms with Crippen molar-refractivity contribution >= 4 is 21.6 Å². The van der Waals surface area contributed by atoms with Crippen LogP contribution in [0.15, 0.2) is 22.7 Å². The Morgan fingerprint density at radius 1 is 1.44 bits per heavy atom. The van der Waals surface area contributed by atoms with E-state index in [9.17, 15) is 0 Å². The average molecular weight is 308 g/mol. The molecule has 0 bridgehead atoms. The first kappa shape index (κ1) is 11.6. The van der Waals surface area contributed by atoms with Crippen LogP contribution in [0.3, 0.4) is 0 Å². The summed E-state index contributed by atoms with van der Waals surface area (Å²) in [6.45, 7) is 4.44. The summed E-state index contributed by atoms with van der Waals surface area (Å²) in [7, 11) is 0. The molecule has 1 aromatic carbocycles. The number of nitrogens with two attached hydrogens (primary N) is 1. The van der Waals surface area contributed by atoms with Gasteiger partial charge in [0, 0.05) is 15.7 Å². The van der Waals surface area contributed by atoms with Gasteiger partial charge in [-0.25, -0.2) is 4.68 Å². The first-order valence-electron chi connectivity index (χ1n) is 5.82. The highest BCUT2D eigenvalue weighted by molar-refractivity contribution is 9.10. The topological polar surface area (TPSA) is 69.6 Å². The molecule has 1 aliphatic rings. The van der Waals surface area contributed by atoms with E-state index < -0.39 is 0 Å². The molecule has 2 N–H and O–H groups in total. The molecular formula is C12H14BrN5. The molecule has 94 valence electrons. The molecule has 1 heterocycles. The predicted octanol–water partition coefficient (Wildman–Crippen LogP) is 2.66. The molecule has 1 aromatic heterocycles. The second-order valence-electron chi connectivity index (χ2n) is 5.39. The molecule has 1 aliphatic carbocycles. The van der Waals surface area contributed by atoms with Crippen LogP contribution in [0.1, 0.15) is 26.3 Å². The highest BCUT2D eigenvalue weighted by atomic mass is 79.9. The average Bonchev–Trinajstić information content (AvgIpc) is 2.77. The third kappa shape index (κ3) is 1.80. The van der Waals surface area contributed by atoms with Crippen molar-refractivity contribution in [2.75, 3.05) is 5.73 Å². The van der Waals surface area contributed by atoms with Crippen molar-refractivity contribution in [3.8, 4) is 11.4 Å². The SMILES string of the molecule is CC1(C)CC1n1nnnc1-c1cc(N)ccc1Br. The molecular weight excluding hydrogens is 294 g/mol. The zero-order chi connectivity index (χ0) is 12.9. The van der Waals surface area contributed by atoms with Crippen molar-refractivity contribution in [1.82, 2.24) is 20.2 Å². The Hall–Kier alpha value is -1.43. The van der Waals surface area contributed by atoms with Gasteiger partial charge in [-0.2, -0.15) is 0 Å². The van der Waals surface area contributed by atoms with Crippen molar-refractivity contribution < 1.29 is 0 Å². The van der Waals surface area contributed by atoms with Crippen LogP contribution in [-0.4, -0.2) is 20.2 Å². The Labute approximate surface area is 113 Å². The van der Waals surface area contributed by atoms with E-state index in [0.29, 0.717) is 11.7 Å². The quantitative estimate of drug-likeness (QED) is 0.866. The minimum Gasteiger partial charge on any atom is -0.399 e. The summed E-state index contributed by atoms with van der Waals surface area (Å²) in [5.41, 5.74) is 7.74. The van der Waals surface area contributed by atoms with Crippen LogP contribution in [0.25, 0.3) is 11.4 Å². The number of halogens is 1. The molecule has 1 atom stereocenters. The summed E-state index contributed by atoms with van der Waals surface area (Å²) in [4.78, 5) is 0. The van der Waals surface area contributed by atoms with E-state index >= 15 is 0 Å². The Morgan fingerprint density at radius 2 is 2.17 bits per heavy atom. The van der Waals surface area contributed by atoms with Crippen molar-refractivity contribution in [2.45, 2.75) is 26.3 Å². The molecule has 0 radical (unpaired) electrons. The van der Waals surface area contributed by atoms with Gasteiger partial charge in [0.2, 0.25) is 0 Å². The van der Waals surface area contributed by atoms with Crippen LogP contribution in [0, 0.1) is 5.41 Å². The fraction of sp³-hybridized carbons (Fsp3) is 0.417. The van der Waals surface area contributed by atoms with E-state index in [2.05, 4.69) is 45.3 Å². The first-order chi connectivity index (χ1) is 8.49. The lowest BCUT2D eigenvalue weighted by atomic mass is 10.1. The fourth-order valence-corrected chi connectivity index (χ4v) is 2.58. The highest BCUT2D eigenvalue weighted by Gasteiger charge is 2.49. The summed E-state index contributed by atoms with van der Waals surface area (Å²) >= 11 is 3.52. The van der Waals surface area contributed by atoms with E-state index in [-0.39, 0.29) is 5.41 Å². The molecule has 1 fully saturated rings. The summed E-state index contributed by atoms with van der Waals surface area (Å²) in [5, 5.41) is 12.0. The van der Waals surface area contributed by atoms with Crippen LogP contribution >= 0.6 is 15.9 Å². The van der Waals surface area contributed by atoms with E-state index in [0.717, 1.165) is 22.3 Å². The minimum atomic E-state index is 0.275. The largest absolute Gasteiger partial charge is 0.399 e. The lowest BCUT2D eigenvalue weighted by Gasteiger charge is -2.08. The smallest absolute Gasteiger partial charge is 0.183 e. The van der Waals surface area contributed by atoms with Gasteiger partial charge >= 0.3 is 0 Å². The van der Waals surface area contributed by atoms with Gasteiger partial charge in [0.25, 0.3) is 0 Å². The molecule has 0 aliphatic heterocycles. The van der Waals surface area contributed by atoms with E-state index in [1.807, 2.05) is 22.9 Å². The molecule has 1 unspecified atom stereocenters. The van der Waals surface area contributed by atoms with Crippen LogP contribution < -0.4 is 5.73 Å². The molecule has 0 spiro atoms. The lowest BCUT2D eigenvalue weighted by Crippen LogP contribution is -2.05. The number of benzene rings is 1. The monoisotopic (exact) mass is 307 g/mol. The normalized spacial score (nSPS) is 20.9. The van der Waals surface area contributed by atoms with Crippen LogP contribution in [-0.2, 0) is 0 Å². The molecule has 5 nitrogen and oxygen atoms in total. The Kier molecular flexibility index (Phi) is 2.45. The number of hydrogen-bond donors (Lipinski definition) is 1. The Balaban J connectivity index is 2.08. The zero-order valence-electron chi connectivity index (χ0n) is 10.3. The highest BCUT2D eigenvalue weighted by Crippen LogP contribution is 2.56. The standard InChI is InChI=1S/C12H14BrN5/c1-12(2)6-10(12)18-11(15-16-17-18)8-5-7(14)3-4-9(8)13/h3-5,10H,6,14H2,1-2H3. The maximum absolute atomic E-state index is 5.83. The summed E-state index contributed by atoms with van der Waals surface area (Å²) in [5.74, 6) is 0.768. The van der Waals surface area contributed by atoms with Gasteiger partial charge in [0.15, 0.2) is 5.82 Å². The van der Waals surface area contributed by atoms with Gasteiger partial charge in [0.1, 0.15) is 0 Å². The van der Waals surface area contributed by atoms with Crippen LogP contribution in [0.5, 0.6) is 0 Å². The lowest BCUT2D eigenvalue weighted by molar-refractivity contribution is 0.497. The Bertz CT molecular complexity index is 604. The van der Waals surface area contributed by atoms with Crippen molar-refractivity contribution in [1.29, 1.82) is 0 Å². The van der Waals surface area contributed by atoms with Crippen molar-refractivity contribution in [3.63, 3.8) is 0 Å². The summed E-state index contributed by atoms with van der Waals surface area (Å²) in [6, 6.07) is 6.03. The third-order valence-corrected chi connectivity index (χ3v) is 4.17. The van der Waals surface area contributed by atoms with Crippen molar-refractivity contribution in [2.24, 2.45) is 5.41 Å². The molecule has 1 saturated carbocycles. The van der Waals surface area contributed by atoms with Crippen LogP contribution in [0.2, 0.25) is 0 Å². The third-order valence-electron chi connectivity index (χ3n) is 3.48. The fourth-order valence-electron chi connectivity index (χ4n) is 2.15. The summed E-state index contributed by atoms with van der Waals surface area (Å²) < 4.78 is 2.85. The number of rotatable bonds is 2. The Morgan fingerprint density at radius 3 is 2.83 bits per heavy atom. The van der Waals surface area contributed by atoms with Gasteiger partial charge in [-0.1, -0.05) is 29.8 Å². The maximum atomic E-state index is 5.83. The number of aromatic nitrogens is 4. The number of anilines is 1. The number of nitrogens with zero attached hydrogens (tertiary/aromatic N) is 4. The first-order valence-corrected chi connectivity index (χ1v) is 6.61. The molecule has 0 saturated heterocycles. The summed E-state index contributed by atoms with van der Waals surface area (Å²) in [6.07, 6.45) is 1.10. The second-order valence-corrected chi connectivity index (χ2v) is 6.25. The maximum Gasteiger partial charge on any atom is 0.183 e. The van der Waals surface area contributed by atoms with E-state index in [1.165, 1.54) is 0 Å². The number of nitrogen functional groups attached to an aromatic ring is 1. The zero-order valence-corrected chi connectivity index (χ0v) is 11.8. The molecule has 0 amide bonds. The van der Waals surface area contributed by atoms with Crippen LogP contribution in [0.4, 0.5) is 5.69 Å². The van der Waals surface area contributed by atoms with Gasteiger partial charge in [-0.15, -0.1) is 5.10 Å². The second kappa shape index (κ2) is 3.78. The van der Waals surface area contributed by atoms with Gasteiger partial charge in [-0.05, 0) is 40.5 Å². The predicted molar refractivity (Wildman–Crippen MR) is 72.8 cm³/mol. The van der Waals surface area contributed by atoms with Gasteiger partial charge in [0.05, 0.1) is 6.04 Å². The molecule has 2 aromatic rings. The van der Waals surface area contributed by atoms with Gasteiger partial charge < -0.3 is 5.73 Å². The molecule has 18 heavy (non-hydrogen) atoms. The molecule has 3 rings (SSSR count).